The Bertz CT molecular complexity index is 767. The molecule has 0 aliphatic carbocycles. The highest BCUT2D eigenvalue weighted by Crippen LogP contribution is 2.23. The second-order valence-electron chi connectivity index (χ2n) is 4.43. The first-order valence-corrected chi connectivity index (χ1v) is 6.59. The van der Waals surface area contributed by atoms with E-state index in [9.17, 15) is 4.79 Å². The van der Waals surface area contributed by atoms with Crippen LogP contribution >= 0.6 is 0 Å². The van der Waals surface area contributed by atoms with Gasteiger partial charge in [-0.2, -0.15) is 0 Å². The number of carbonyl (C=O) groups excluding carboxylic acids is 1. The number of benzene rings is 1. The molecule has 1 N–H and O–H groups in total. The van der Waals surface area contributed by atoms with Crippen molar-refractivity contribution in [3.63, 3.8) is 0 Å². The molecule has 0 saturated carbocycles. The van der Waals surface area contributed by atoms with Gasteiger partial charge in [0, 0.05) is 11.8 Å². The predicted molar refractivity (Wildman–Crippen MR) is 80.7 cm³/mol. The molecule has 0 aliphatic rings. The van der Waals surface area contributed by atoms with Crippen LogP contribution in [0.15, 0.2) is 59.3 Å². The minimum atomic E-state index is -0.446. The molecule has 0 spiro atoms. The fraction of sp³-hybridized carbons (Fsp3) is 0.0625. The average molecular weight is 295 g/mol. The predicted octanol–water partition coefficient (Wildman–Crippen LogP) is 3.00. The lowest BCUT2D eigenvalue weighted by molar-refractivity contribution is 0.0990. The zero-order valence-corrected chi connectivity index (χ0v) is 11.8. The molecule has 22 heavy (non-hydrogen) atoms. The van der Waals surface area contributed by atoms with Crippen LogP contribution in [0.4, 0.5) is 5.82 Å². The van der Waals surface area contributed by atoms with E-state index < -0.39 is 5.91 Å². The average Bonchev–Trinajstić information content (AvgIpc) is 3.06. The first kappa shape index (κ1) is 13.8. The number of hydrogen-bond acceptors (Lipinski definition) is 5. The van der Waals surface area contributed by atoms with Crippen LogP contribution in [0.25, 0.3) is 11.3 Å². The van der Waals surface area contributed by atoms with Crippen molar-refractivity contribution in [2.45, 2.75) is 0 Å². The Balaban J connectivity index is 1.76. The monoisotopic (exact) mass is 295 g/mol. The number of carbonyl (C=O) groups is 1. The molecule has 1 amide bonds. The lowest BCUT2D eigenvalue weighted by Gasteiger charge is -2.01. The minimum absolute atomic E-state index is 0.0172. The normalized spacial score (nSPS) is 10.2. The number of hydrogen-bond donors (Lipinski definition) is 1. The van der Waals surface area contributed by atoms with Gasteiger partial charge in [-0.1, -0.05) is 6.07 Å². The summed E-state index contributed by atoms with van der Waals surface area (Å²) >= 11 is 0. The second-order valence-corrected chi connectivity index (χ2v) is 4.43. The third kappa shape index (κ3) is 2.95. The van der Waals surface area contributed by atoms with Crippen molar-refractivity contribution in [1.29, 1.82) is 0 Å². The fourth-order valence-corrected chi connectivity index (χ4v) is 1.87. The molecule has 3 rings (SSSR count). The van der Waals surface area contributed by atoms with Gasteiger partial charge >= 0.3 is 5.91 Å². The van der Waals surface area contributed by atoms with Crippen molar-refractivity contribution in [3.05, 3.63) is 60.7 Å². The SMILES string of the molecule is COc1ccc(-c2cnc(C(=O)Nc3ccccn3)o2)cc1. The third-order valence-corrected chi connectivity index (χ3v) is 2.98. The second kappa shape index (κ2) is 6.09. The topological polar surface area (TPSA) is 77.2 Å². The van der Waals surface area contributed by atoms with Crippen LogP contribution in [0.3, 0.4) is 0 Å². The molecule has 0 saturated heterocycles. The standard InChI is InChI=1S/C16H13N3O3/c1-21-12-7-5-11(6-8-12)13-10-18-16(22-13)15(20)19-14-4-2-3-9-17-14/h2-10H,1H3,(H,17,19,20). The number of nitrogens with one attached hydrogen (secondary N) is 1. The number of oxazole rings is 1. The maximum atomic E-state index is 12.0. The molecular formula is C16H13N3O3. The van der Waals surface area contributed by atoms with Crippen LogP contribution in [0.1, 0.15) is 10.7 Å². The van der Waals surface area contributed by atoms with Gasteiger partial charge in [-0.3, -0.25) is 4.79 Å². The molecule has 110 valence electrons. The lowest BCUT2D eigenvalue weighted by atomic mass is 10.2. The number of aromatic nitrogens is 2. The number of amides is 1. The molecule has 0 bridgehead atoms. The Morgan fingerprint density at radius 3 is 2.64 bits per heavy atom. The van der Waals surface area contributed by atoms with E-state index in [1.54, 1.807) is 31.5 Å². The largest absolute Gasteiger partial charge is 0.497 e. The third-order valence-electron chi connectivity index (χ3n) is 2.98. The molecule has 2 heterocycles. The summed E-state index contributed by atoms with van der Waals surface area (Å²) in [7, 11) is 1.60. The highest BCUT2D eigenvalue weighted by atomic mass is 16.5. The maximum Gasteiger partial charge on any atom is 0.312 e. The molecule has 0 atom stereocenters. The Kier molecular flexibility index (Phi) is 3.82. The summed E-state index contributed by atoms with van der Waals surface area (Å²) < 4.78 is 10.6. The zero-order valence-electron chi connectivity index (χ0n) is 11.8. The van der Waals surface area contributed by atoms with Crippen molar-refractivity contribution in [3.8, 4) is 17.1 Å². The number of pyridine rings is 1. The maximum absolute atomic E-state index is 12.0. The number of nitrogens with zero attached hydrogens (tertiary/aromatic N) is 2. The van der Waals surface area contributed by atoms with Gasteiger partial charge in [0.25, 0.3) is 5.89 Å². The Hall–Kier alpha value is -3.15. The van der Waals surface area contributed by atoms with E-state index in [0.717, 1.165) is 11.3 Å². The molecule has 0 fully saturated rings. The molecule has 0 unspecified atom stereocenters. The van der Waals surface area contributed by atoms with Gasteiger partial charge in [0.2, 0.25) is 0 Å². The van der Waals surface area contributed by atoms with E-state index in [-0.39, 0.29) is 5.89 Å². The first-order chi connectivity index (χ1) is 10.8. The fourth-order valence-electron chi connectivity index (χ4n) is 1.87. The summed E-state index contributed by atoms with van der Waals surface area (Å²) in [5, 5.41) is 2.61. The molecule has 6 nitrogen and oxygen atoms in total. The Morgan fingerprint density at radius 1 is 1.14 bits per heavy atom. The van der Waals surface area contributed by atoms with Gasteiger partial charge in [-0.05, 0) is 36.4 Å². The van der Waals surface area contributed by atoms with E-state index in [2.05, 4.69) is 15.3 Å². The van der Waals surface area contributed by atoms with E-state index in [1.807, 2.05) is 24.3 Å². The van der Waals surface area contributed by atoms with Crippen LogP contribution < -0.4 is 10.1 Å². The van der Waals surface area contributed by atoms with E-state index in [0.29, 0.717) is 11.6 Å². The summed E-state index contributed by atoms with van der Waals surface area (Å²) in [4.78, 5) is 20.0. The van der Waals surface area contributed by atoms with E-state index >= 15 is 0 Å². The van der Waals surface area contributed by atoms with Gasteiger partial charge in [-0.25, -0.2) is 9.97 Å². The van der Waals surface area contributed by atoms with Gasteiger partial charge in [-0.15, -0.1) is 0 Å². The molecule has 6 heteroatoms. The Labute approximate surface area is 126 Å². The lowest BCUT2D eigenvalue weighted by Crippen LogP contribution is -2.12. The van der Waals surface area contributed by atoms with Gasteiger partial charge in [0.05, 0.1) is 13.3 Å². The zero-order chi connectivity index (χ0) is 15.4. The summed E-state index contributed by atoms with van der Waals surface area (Å²) in [5.41, 5.74) is 0.810. The molecular weight excluding hydrogens is 282 g/mol. The van der Waals surface area contributed by atoms with Crippen molar-refractivity contribution in [2.75, 3.05) is 12.4 Å². The van der Waals surface area contributed by atoms with Crippen LogP contribution in [0.5, 0.6) is 5.75 Å². The Morgan fingerprint density at radius 2 is 1.95 bits per heavy atom. The minimum Gasteiger partial charge on any atom is -0.497 e. The van der Waals surface area contributed by atoms with Crippen LogP contribution in [0.2, 0.25) is 0 Å². The van der Waals surface area contributed by atoms with Crippen molar-refractivity contribution in [2.24, 2.45) is 0 Å². The van der Waals surface area contributed by atoms with Crippen molar-refractivity contribution in [1.82, 2.24) is 9.97 Å². The van der Waals surface area contributed by atoms with Crippen molar-refractivity contribution >= 4 is 11.7 Å². The molecule has 0 aliphatic heterocycles. The summed E-state index contributed by atoms with van der Waals surface area (Å²) in [5.74, 6) is 1.23. The van der Waals surface area contributed by atoms with Gasteiger partial charge < -0.3 is 14.5 Å². The van der Waals surface area contributed by atoms with Crippen LogP contribution in [0, 0.1) is 0 Å². The smallest absolute Gasteiger partial charge is 0.312 e. The van der Waals surface area contributed by atoms with Crippen LogP contribution in [-0.2, 0) is 0 Å². The van der Waals surface area contributed by atoms with Gasteiger partial charge in [0.1, 0.15) is 11.6 Å². The van der Waals surface area contributed by atoms with E-state index in [1.165, 1.54) is 6.20 Å². The summed E-state index contributed by atoms with van der Waals surface area (Å²) in [6, 6.07) is 12.5. The first-order valence-electron chi connectivity index (χ1n) is 6.59. The summed E-state index contributed by atoms with van der Waals surface area (Å²) in [6.45, 7) is 0. The molecule has 0 radical (unpaired) electrons. The highest BCUT2D eigenvalue weighted by Gasteiger charge is 2.14. The number of anilines is 1. The number of methoxy groups -OCH3 is 1. The molecule has 1 aromatic carbocycles. The molecule has 3 aromatic rings. The number of rotatable bonds is 4. The molecule has 2 aromatic heterocycles. The van der Waals surface area contributed by atoms with Crippen LogP contribution in [-0.4, -0.2) is 23.0 Å². The van der Waals surface area contributed by atoms with Crippen molar-refractivity contribution < 1.29 is 13.9 Å². The quantitative estimate of drug-likeness (QED) is 0.800. The number of ether oxygens (including phenoxy) is 1. The van der Waals surface area contributed by atoms with E-state index in [4.69, 9.17) is 9.15 Å². The highest BCUT2D eigenvalue weighted by molar-refractivity contribution is 6.00. The summed E-state index contributed by atoms with van der Waals surface area (Å²) in [6.07, 6.45) is 3.10. The van der Waals surface area contributed by atoms with Gasteiger partial charge in [0.15, 0.2) is 5.76 Å².